The minimum absolute atomic E-state index is 0.0213. The average molecular weight is 466 g/mol. The first-order valence-electron chi connectivity index (χ1n) is 11.1. The zero-order valence-corrected chi connectivity index (χ0v) is 19.3. The summed E-state index contributed by atoms with van der Waals surface area (Å²) in [7, 11) is 2.94. The number of Topliss-reactive ketones (excluding diaryl/α,β-unsaturated/α-hetero) is 1. The second-order valence-electron chi connectivity index (χ2n) is 8.12. The van der Waals surface area contributed by atoms with Gasteiger partial charge in [0.05, 0.1) is 25.8 Å². The molecule has 0 fully saturated rings. The van der Waals surface area contributed by atoms with E-state index in [1.54, 1.807) is 36.4 Å². The highest BCUT2D eigenvalue weighted by molar-refractivity contribution is 6.16. The van der Waals surface area contributed by atoms with Crippen LogP contribution in [0.15, 0.2) is 58.2 Å². The molecule has 0 radical (unpaired) electrons. The standard InChI is InChI=1S/C26H27NO7/c1-4-5-6-12-27-22(15-10-11-18(32-2)17(28)13-15)21(24(30)26(27)31)23(29)20-14-16-8-7-9-19(33-3)25(16)34-20/h7-11,13-14,22,28,30H,4-6,12H2,1-3H3. The van der Waals surface area contributed by atoms with E-state index < -0.39 is 23.5 Å². The molecule has 2 heterocycles. The number of aliphatic hydroxyl groups is 1. The summed E-state index contributed by atoms with van der Waals surface area (Å²) in [4.78, 5) is 28.1. The van der Waals surface area contributed by atoms with Crippen molar-refractivity contribution in [3.8, 4) is 17.2 Å². The van der Waals surface area contributed by atoms with Crippen LogP contribution in [0.25, 0.3) is 11.0 Å². The maximum absolute atomic E-state index is 13.6. The lowest BCUT2D eigenvalue weighted by atomic mass is 9.94. The summed E-state index contributed by atoms with van der Waals surface area (Å²) in [5, 5.41) is 21.8. The van der Waals surface area contributed by atoms with Gasteiger partial charge in [0.25, 0.3) is 5.91 Å². The van der Waals surface area contributed by atoms with Crippen molar-refractivity contribution in [1.29, 1.82) is 0 Å². The number of furan rings is 1. The molecule has 1 aromatic heterocycles. The SMILES string of the molecule is CCCCCN1C(=O)C(O)=C(C(=O)c2cc3cccc(OC)c3o2)C1c1ccc(OC)c(O)c1. The number of unbranched alkanes of at least 4 members (excludes halogenated alkanes) is 2. The highest BCUT2D eigenvalue weighted by atomic mass is 16.5. The van der Waals surface area contributed by atoms with Gasteiger partial charge in [-0.25, -0.2) is 0 Å². The molecule has 0 bridgehead atoms. The molecule has 3 aromatic rings. The molecule has 8 nitrogen and oxygen atoms in total. The van der Waals surface area contributed by atoms with E-state index in [4.69, 9.17) is 13.9 Å². The van der Waals surface area contributed by atoms with Crippen LogP contribution in [0.3, 0.4) is 0 Å². The largest absolute Gasteiger partial charge is 0.504 e. The third-order valence-electron chi connectivity index (χ3n) is 6.02. The summed E-state index contributed by atoms with van der Waals surface area (Å²) in [6, 6.07) is 10.6. The van der Waals surface area contributed by atoms with Gasteiger partial charge in [-0.1, -0.05) is 38.0 Å². The molecule has 2 N–H and O–H groups in total. The lowest BCUT2D eigenvalue weighted by Crippen LogP contribution is -2.32. The molecule has 8 heteroatoms. The van der Waals surface area contributed by atoms with E-state index in [0.29, 0.717) is 35.2 Å². The molecule has 0 saturated carbocycles. The number of fused-ring (bicyclic) bond motifs is 1. The summed E-state index contributed by atoms with van der Waals surface area (Å²) in [5.74, 6) is -1.28. The summed E-state index contributed by atoms with van der Waals surface area (Å²) < 4.78 is 16.2. The maximum atomic E-state index is 13.6. The van der Waals surface area contributed by atoms with Gasteiger partial charge < -0.3 is 29.0 Å². The van der Waals surface area contributed by atoms with Gasteiger partial charge in [0.1, 0.15) is 0 Å². The Hall–Kier alpha value is -3.94. The molecule has 178 valence electrons. The number of aromatic hydroxyl groups is 1. The van der Waals surface area contributed by atoms with Crippen molar-refractivity contribution in [1.82, 2.24) is 4.90 Å². The molecule has 4 rings (SSSR count). The van der Waals surface area contributed by atoms with Crippen molar-refractivity contribution in [3.63, 3.8) is 0 Å². The average Bonchev–Trinajstić information content (AvgIpc) is 3.38. The number of nitrogens with zero attached hydrogens (tertiary/aromatic N) is 1. The van der Waals surface area contributed by atoms with Crippen LogP contribution in [-0.2, 0) is 4.79 Å². The number of para-hydroxylation sites is 1. The third kappa shape index (κ3) is 3.96. The molecule has 0 saturated heterocycles. The quantitative estimate of drug-likeness (QED) is 0.341. The second-order valence-corrected chi connectivity index (χ2v) is 8.12. The molecular weight excluding hydrogens is 438 g/mol. The number of aliphatic hydroxyl groups excluding tert-OH is 1. The van der Waals surface area contributed by atoms with Gasteiger partial charge in [0.2, 0.25) is 5.78 Å². The van der Waals surface area contributed by atoms with Gasteiger partial charge in [0.15, 0.2) is 34.4 Å². The van der Waals surface area contributed by atoms with Crippen molar-refractivity contribution >= 4 is 22.7 Å². The molecule has 1 aliphatic rings. The molecule has 0 spiro atoms. The van der Waals surface area contributed by atoms with Crippen LogP contribution < -0.4 is 9.47 Å². The van der Waals surface area contributed by atoms with E-state index in [1.165, 1.54) is 25.2 Å². The number of ketones is 1. The molecule has 34 heavy (non-hydrogen) atoms. The topological polar surface area (TPSA) is 109 Å². The van der Waals surface area contributed by atoms with Gasteiger partial charge >= 0.3 is 0 Å². The number of benzene rings is 2. The lowest BCUT2D eigenvalue weighted by molar-refractivity contribution is -0.129. The maximum Gasteiger partial charge on any atom is 0.290 e. The van der Waals surface area contributed by atoms with E-state index >= 15 is 0 Å². The Balaban J connectivity index is 1.80. The predicted molar refractivity (Wildman–Crippen MR) is 125 cm³/mol. The first-order valence-corrected chi connectivity index (χ1v) is 11.1. The summed E-state index contributed by atoms with van der Waals surface area (Å²) in [6.45, 7) is 2.39. The Labute approximate surface area is 197 Å². The van der Waals surface area contributed by atoms with Crippen LogP contribution in [0.1, 0.15) is 48.3 Å². The number of amides is 1. The molecule has 2 aromatic carbocycles. The number of ether oxygens (including phenoxy) is 2. The zero-order valence-electron chi connectivity index (χ0n) is 19.3. The fourth-order valence-corrected chi connectivity index (χ4v) is 4.31. The van der Waals surface area contributed by atoms with E-state index in [2.05, 4.69) is 0 Å². The number of carbonyl (C=O) groups is 2. The van der Waals surface area contributed by atoms with Gasteiger partial charge in [-0.15, -0.1) is 0 Å². The summed E-state index contributed by atoms with van der Waals surface area (Å²) >= 11 is 0. The van der Waals surface area contributed by atoms with Gasteiger partial charge in [-0.3, -0.25) is 9.59 Å². The van der Waals surface area contributed by atoms with Gasteiger partial charge in [0, 0.05) is 11.9 Å². The van der Waals surface area contributed by atoms with E-state index in [-0.39, 0.29) is 22.8 Å². The zero-order chi connectivity index (χ0) is 24.4. The minimum Gasteiger partial charge on any atom is -0.504 e. The predicted octanol–water partition coefficient (Wildman–Crippen LogP) is 4.92. The molecular formula is C26H27NO7. The Kier molecular flexibility index (Phi) is 6.49. The first-order chi connectivity index (χ1) is 16.4. The highest BCUT2D eigenvalue weighted by Gasteiger charge is 2.44. The number of carbonyl (C=O) groups excluding carboxylic acids is 2. The fourth-order valence-electron chi connectivity index (χ4n) is 4.31. The Bertz CT molecular complexity index is 1270. The highest BCUT2D eigenvalue weighted by Crippen LogP contribution is 2.42. The summed E-state index contributed by atoms with van der Waals surface area (Å²) in [6.07, 6.45) is 2.54. The molecule has 1 aliphatic heterocycles. The number of hydrogen-bond acceptors (Lipinski definition) is 7. The Morgan fingerprint density at radius 3 is 2.50 bits per heavy atom. The van der Waals surface area contributed by atoms with Crippen molar-refractivity contribution in [2.24, 2.45) is 0 Å². The molecule has 1 atom stereocenters. The van der Waals surface area contributed by atoms with Crippen molar-refractivity contribution in [2.45, 2.75) is 32.2 Å². The van der Waals surface area contributed by atoms with Crippen LogP contribution in [0.2, 0.25) is 0 Å². The first kappa shape index (κ1) is 23.2. The van der Waals surface area contributed by atoms with Crippen molar-refractivity contribution in [3.05, 3.63) is 65.1 Å². The van der Waals surface area contributed by atoms with Gasteiger partial charge in [-0.05, 0) is 36.2 Å². The summed E-state index contributed by atoms with van der Waals surface area (Å²) in [5.41, 5.74) is 0.782. The van der Waals surface area contributed by atoms with Crippen LogP contribution in [0.5, 0.6) is 17.2 Å². The molecule has 1 unspecified atom stereocenters. The molecule has 0 aliphatic carbocycles. The van der Waals surface area contributed by atoms with E-state index in [1.807, 2.05) is 6.92 Å². The lowest BCUT2D eigenvalue weighted by Gasteiger charge is -2.27. The molecule has 1 amide bonds. The van der Waals surface area contributed by atoms with Crippen molar-refractivity contribution in [2.75, 3.05) is 20.8 Å². The van der Waals surface area contributed by atoms with Crippen LogP contribution in [-0.4, -0.2) is 47.6 Å². The monoisotopic (exact) mass is 465 g/mol. The number of phenols is 1. The van der Waals surface area contributed by atoms with Crippen LogP contribution >= 0.6 is 0 Å². The van der Waals surface area contributed by atoms with Crippen LogP contribution in [0.4, 0.5) is 0 Å². The second kappa shape index (κ2) is 9.51. The number of methoxy groups -OCH3 is 2. The number of rotatable bonds is 9. The fraction of sp³-hybridized carbons (Fsp3) is 0.308. The van der Waals surface area contributed by atoms with E-state index in [0.717, 1.165) is 12.8 Å². The number of hydrogen-bond donors (Lipinski definition) is 2. The Morgan fingerprint density at radius 1 is 1.06 bits per heavy atom. The van der Waals surface area contributed by atoms with Crippen molar-refractivity contribution < 1.29 is 33.7 Å². The van der Waals surface area contributed by atoms with Gasteiger partial charge in [-0.2, -0.15) is 0 Å². The third-order valence-corrected chi connectivity index (χ3v) is 6.02. The Morgan fingerprint density at radius 2 is 1.82 bits per heavy atom. The number of phenolic OH excluding ortho intramolecular Hbond substituents is 1. The smallest absolute Gasteiger partial charge is 0.290 e. The van der Waals surface area contributed by atoms with Crippen LogP contribution in [0, 0.1) is 0 Å². The minimum atomic E-state index is -0.885. The van der Waals surface area contributed by atoms with E-state index in [9.17, 15) is 19.8 Å². The normalized spacial score (nSPS) is 15.9.